The first-order chi connectivity index (χ1) is 16.0. The van der Waals surface area contributed by atoms with Gasteiger partial charge in [-0.3, -0.25) is 0 Å². The summed E-state index contributed by atoms with van der Waals surface area (Å²) in [5.74, 6) is 1.19. The Morgan fingerprint density at radius 3 is 2.76 bits per heavy atom. The molecule has 2 aliphatic rings. The van der Waals surface area contributed by atoms with Gasteiger partial charge in [0.25, 0.3) is 0 Å². The highest BCUT2D eigenvalue weighted by molar-refractivity contribution is 5.91. The minimum absolute atomic E-state index is 0.00739. The molecule has 2 aromatic heterocycles. The fourth-order valence-electron chi connectivity index (χ4n) is 4.93. The maximum absolute atomic E-state index is 12.9. The van der Waals surface area contributed by atoms with Crippen LogP contribution in [0, 0.1) is 18.8 Å². The van der Waals surface area contributed by atoms with Crippen molar-refractivity contribution in [2.24, 2.45) is 11.8 Å². The summed E-state index contributed by atoms with van der Waals surface area (Å²) in [4.78, 5) is 21.8. The Balaban J connectivity index is 1.43. The fourth-order valence-corrected chi connectivity index (χ4v) is 4.93. The summed E-state index contributed by atoms with van der Waals surface area (Å²) in [5, 5.41) is 3.13. The number of pyridine rings is 1. The molecule has 1 atom stereocenters. The molecule has 174 valence electrons. The van der Waals surface area contributed by atoms with Crippen LogP contribution in [0.2, 0.25) is 0 Å². The van der Waals surface area contributed by atoms with E-state index in [1.54, 1.807) is 0 Å². The SMILES string of the molecule is Cc1ccc(NC(=O)N2CC[C@@H](C(C)C)C2)cc1-c1cc(N2CCOCC2)c2nccn2c1. The van der Waals surface area contributed by atoms with E-state index >= 15 is 0 Å². The third-order valence-electron chi connectivity index (χ3n) is 7.07. The lowest BCUT2D eigenvalue weighted by Crippen LogP contribution is -2.36. The number of likely N-dealkylation sites (tertiary alicyclic amines) is 1. The van der Waals surface area contributed by atoms with Crippen LogP contribution in [-0.4, -0.2) is 59.7 Å². The molecule has 5 rings (SSSR count). The molecule has 0 saturated carbocycles. The molecule has 2 amide bonds. The average Bonchev–Trinajstić information content (AvgIpc) is 3.50. The predicted octanol–water partition coefficient (Wildman–Crippen LogP) is 4.66. The highest BCUT2D eigenvalue weighted by atomic mass is 16.5. The number of carbonyl (C=O) groups excluding carboxylic acids is 1. The van der Waals surface area contributed by atoms with Crippen molar-refractivity contribution < 1.29 is 9.53 Å². The van der Waals surface area contributed by atoms with E-state index in [4.69, 9.17) is 4.74 Å². The lowest BCUT2D eigenvalue weighted by Gasteiger charge is -2.29. The fraction of sp³-hybridized carbons (Fsp3) is 0.462. The van der Waals surface area contributed by atoms with Gasteiger partial charge in [-0.05, 0) is 54.5 Å². The van der Waals surface area contributed by atoms with Crippen molar-refractivity contribution in [3.63, 3.8) is 0 Å². The van der Waals surface area contributed by atoms with Gasteiger partial charge in [0.1, 0.15) is 0 Å². The number of imidazole rings is 1. The highest BCUT2D eigenvalue weighted by Crippen LogP contribution is 2.32. The van der Waals surface area contributed by atoms with Crippen LogP contribution >= 0.6 is 0 Å². The number of aromatic nitrogens is 2. The van der Waals surface area contributed by atoms with E-state index in [0.717, 1.165) is 74.0 Å². The summed E-state index contributed by atoms with van der Waals surface area (Å²) >= 11 is 0. The number of benzene rings is 1. The molecule has 33 heavy (non-hydrogen) atoms. The number of hydrogen-bond acceptors (Lipinski definition) is 4. The zero-order chi connectivity index (χ0) is 22.9. The Morgan fingerprint density at radius 2 is 2.00 bits per heavy atom. The van der Waals surface area contributed by atoms with Crippen LogP contribution < -0.4 is 10.2 Å². The normalized spacial score (nSPS) is 19.0. The number of nitrogens with zero attached hydrogens (tertiary/aromatic N) is 4. The molecule has 4 heterocycles. The van der Waals surface area contributed by atoms with E-state index in [1.165, 1.54) is 5.56 Å². The van der Waals surface area contributed by atoms with Crippen LogP contribution in [0.1, 0.15) is 25.8 Å². The van der Waals surface area contributed by atoms with E-state index in [2.05, 4.69) is 64.8 Å². The van der Waals surface area contributed by atoms with Crippen LogP contribution in [0.15, 0.2) is 42.9 Å². The van der Waals surface area contributed by atoms with Crippen LogP contribution in [-0.2, 0) is 4.74 Å². The Bertz CT molecular complexity index is 1150. The molecule has 2 saturated heterocycles. The first-order valence-electron chi connectivity index (χ1n) is 12.0. The van der Waals surface area contributed by atoms with Crippen molar-refractivity contribution in [1.82, 2.24) is 14.3 Å². The van der Waals surface area contributed by atoms with Crippen molar-refractivity contribution in [2.45, 2.75) is 27.2 Å². The van der Waals surface area contributed by atoms with E-state index in [0.29, 0.717) is 11.8 Å². The molecule has 7 heteroatoms. The smallest absolute Gasteiger partial charge is 0.321 e. The lowest BCUT2D eigenvalue weighted by molar-refractivity contribution is 0.123. The van der Waals surface area contributed by atoms with E-state index in [9.17, 15) is 4.79 Å². The van der Waals surface area contributed by atoms with Crippen LogP contribution in [0.4, 0.5) is 16.2 Å². The first-order valence-corrected chi connectivity index (χ1v) is 12.0. The number of aryl methyl sites for hydroxylation is 1. The van der Waals surface area contributed by atoms with Crippen molar-refractivity contribution in [3.8, 4) is 11.1 Å². The number of morpholine rings is 1. The third-order valence-corrected chi connectivity index (χ3v) is 7.07. The molecular formula is C26H33N5O2. The number of urea groups is 1. The van der Waals surface area contributed by atoms with Gasteiger partial charge in [-0.15, -0.1) is 0 Å². The molecule has 0 unspecified atom stereocenters. The van der Waals surface area contributed by atoms with E-state index in [-0.39, 0.29) is 6.03 Å². The van der Waals surface area contributed by atoms with Gasteiger partial charge in [0.15, 0.2) is 5.65 Å². The average molecular weight is 448 g/mol. The molecule has 1 N–H and O–H groups in total. The summed E-state index contributed by atoms with van der Waals surface area (Å²) in [5.41, 5.74) is 6.28. The minimum atomic E-state index is -0.00739. The molecular weight excluding hydrogens is 414 g/mol. The summed E-state index contributed by atoms with van der Waals surface area (Å²) in [6.07, 6.45) is 7.03. The maximum atomic E-state index is 12.9. The second kappa shape index (κ2) is 9.06. The van der Waals surface area contributed by atoms with Gasteiger partial charge in [-0.2, -0.15) is 0 Å². The minimum Gasteiger partial charge on any atom is -0.378 e. The number of nitrogens with one attached hydrogen (secondary N) is 1. The number of anilines is 2. The van der Waals surface area contributed by atoms with Crippen LogP contribution in [0.5, 0.6) is 0 Å². The number of carbonyl (C=O) groups is 1. The Labute approximate surface area is 195 Å². The van der Waals surface area contributed by atoms with Gasteiger partial charge in [0, 0.05) is 56.0 Å². The molecule has 0 bridgehead atoms. The summed E-state index contributed by atoms with van der Waals surface area (Å²) < 4.78 is 7.63. The van der Waals surface area contributed by atoms with Crippen LogP contribution in [0.25, 0.3) is 16.8 Å². The van der Waals surface area contributed by atoms with Gasteiger partial charge < -0.3 is 24.3 Å². The molecule has 2 fully saturated rings. The van der Waals surface area contributed by atoms with Crippen molar-refractivity contribution >= 4 is 23.1 Å². The Kier molecular flexibility index (Phi) is 5.98. The zero-order valence-electron chi connectivity index (χ0n) is 19.8. The Hall–Kier alpha value is -3.06. The second-order valence-electron chi connectivity index (χ2n) is 9.57. The van der Waals surface area contributed by atoms with Crippen molar-refractivity contribution in [1.29, 1.82) is 0 Å². The van der Waals surface area contributed by atoms with Gasteiger partial charge in [-0.1, -0.05) is 19.9 Å². The Morgan fingerprint density at radius 1 is 1.18 bits per heavy atom. The zero-order valence-corrected chi connectivity index (χ0v) is 19.8. The number of hydrogen-bond donors (Lipinski definition) is 1. The van der Waals surface area contributed by atoms with Crippen molar-refractivity contribution in [3.05, 3.63) is 48.4 Å². The largest absolute Gasteiger partial charge is 0.378 e. The quantitative estimate of drug-likeness (QED) is 0.632. The number of rotatable bonds is 4. The van der Waals surface area contributed by atoms with Crippen LogP contribution in [0.3, 0.4) is 0 Å². The predicted molar refractivity (Wildman–Crippen MR) is 132 cm³/mol. The molecule has 0 radical (unpaired) electrons. The number of fused-ring (bicyclic) bond motifs is 1. The monoisotopic (exact) mass is 447 g/mol. The first kappa shape index (κ1) is 21.8. The highest BCUT2D eigenvalue weighted by Gasteiger charge is 2.28. The summed E-state index contributed by atoms with van der Waals surface area (Å²) in [6, 6.07) is 8.37. The van der Waals surface area contributed by atoms with Crippen molar-refractivity contribution in [2.75, 3.05) is 49.6 Å². The molecule has 3 aromatic rings. The van der Waals surface area contributed by atoms with Gasteiger partial charge in [-0.25, -0.2) is 9.78 Å². The number of amides is 2. The van der Waals surface area contributed by atoms with Gasteiger partial charge >= 0.3 is 6.03 Å². The summed E-state index contributed by atoms with van der Waals surface area (Å²) in [7, 11) is 0. The molecule has 7 nitrogen and oxygen atoms in total. The molecule has 2 aliphatic heterocycles. The lowest BCUT2D eigenvalue weighted by atomic mass is 9.95. The molecule has 0 spiro atoms. The van der Waals surface area contributed by atoms with E-state index < -0.39 is 0 Å². The maximum Gasteiger partial charge on any atom is 0.321 e. The third kappa shape index (κ3) is 4.42. The second-order valence-corrected chi connectivity index (χ2v) is 9.57. The van der Waals surface area contributed by atoms with E-state index in [1.807, 2.05) is 23.4 Å². The molecule has 1 aromatic carbocycles. The van der Waals surface area contributed by atoms with Gasteiger partial charge in [0.2, 0.25) is 0 Å². The van der Waals surface area contributed by atoms with Gasteiger partial charge in [0.05, 0.1) is 18.9 Å². The molecule has 0 aliphatic carbocycles. The number of ether oxygens (including phenoxy) is 1. The summed E-state index contributed by atoms with van der Waals surface area (Å²) in [6.45, 7) is 11.4. The topological polar surface area (TPSA) is 62.1 Å². The standard InChI is InChI=1S/C26H33N5O2/c1-18(2)20-6-8-31(16-20)26(32)28-22-5-4-19(3)23(15-22)21-14-24(29-10-12-33-13-11-29)25-27-7-9-30(25)17-21/h4-5,7,9,14-15,17-18,20H,6,8,10-13,16H2,1-3H3,(H,28,32)/t20-/m1/s1.